The topological polar surface area (TPSA) is 92.1 Å². The number of nitrogens with zero attached hydrogens (tertiary/aromatic N) is 2. The number of aromatic nitrogens is 1. The van der Waals surface area contributed by atoms with Crippen LogP contribution in [0.4, 0.5) is 5.00 Å². The number of pyridine rings is 1. The van der Waals surface area contributed by atoms with Gasteiger partial charge in [0.1, 0.15) is 16.8 Å². The lowest BCUT2D eigenvalue weighted by Gasteiger charge is -2.06. The third-order valence-electron chi connectivity index (χ3n) is 3.18. The highest BCUT2D eigenvalue weighted by Crippen LogP contribution is 2.21. The van der Waals surface area contributed by atoms with Gasteiger partial charge in [0.15, 0.2) is 6.61 Å². The summed E-state index contributed by atoms with van der Waals surface area (Å²) in [5.41, 5.74) is 1.18. The maximum atomic E-state index is 12.0. The third-order valence-corrected chi connectivity index (χ3v) is 4.01. The molecule has 24 heavy (non-hydrogen) atoms. The van der Waals surface area contributed by atoms with Crippen LogP contribution < -0.4 is 5.32 Å². The van der Waals surface area contributed by atoms with Gasteiger partial charge in [-0.2, -0.15) is 5.26 Å². The van der Waals surface area contributed by atoms with E-state index in [2.05, 4.69) is 10.3 Å². The molecule has 0 aliphatic heterocycles. The van der Waals surface area contributed by atoms with Crippen LogP contribution in [0.5, 0.6) is 0 Å². The van der Waals surface area contributed by atoms with E-state index in [-0.39, 0.29) is 5.69 Å². The summed E-state index contributed by atoms with van der Waals surface area (Å²) in [6, 6.07) is 14.3. The molecule has 2 heterocycles. The second-order valence-corrected chi connectivity index (χ2v) is 5.70. The molecule has 0 spiro atoms. The number of benzene rings is 1. The van der Waals surface area contributed by atoms with Crippen LogP contribution >= 0.6 is 11.3 Å². The molecule has 0 radical (unpaired) electrons. The average Bonchev–Trinajstić information content (AvgIpc) is 3.06. The van der Waals surface area contributed by atoms with Gasteiger partial charge in [0.2, 0.25) is 0 Å². The van der Waals surface area contributed by atoms with E-state index in [4.69, 9.17) is 10.00 Å². The average molecular weight is 337 g/mol. The van der Waals surface area contributed by atoms with Gasteiger partial charge in [0.05, 0.1) is 11.1 Å². The monoisotopic (exact) mass is 337 g/mol. The lowest BCUT2D eigenvalue weighted by molar-refractivity contribution is -0.119. The van der Waals surface area contributed by atoms with Crippen molar-refractivity contribution in [3.63, 3.8) is 0 Å². The summed E-state index contributed by atoms with van der Waals surface area (Å²) in [4.78, 5) is 28.0. The Labute approximate surface area is 141 Å². The highest BCUT2D eigenvalue weighted by Gasteiger charge is 2.13. The molecule has 7 heteroatoms. The van der Waals surface area contributed by atoms with Crippen LogP contribution in [0.1, 0.15) is 16.1 Å². The molecule has 1 N–H and O–H groups in total. The molecule has 3 rings (SSSR count). The SMILES string of the molecule is N#Cc1ccsc1NC(=O)COC(=O)c1ccc2ccccc2n1. The van der Waals surface area contributed by atoms with Crippen molar-refractivity contribution in [1.29, 1.82) is 5.26 Å². The summed E-state index contributed by atoms with van der Waals surface area (Å²) in [5.74, 6) is -1.19. The van der Waals surface area contributed by atoms with Gasteiger partial charge in [-0.1, -0.05) is 24.3 Å². The number of esters is 1. The molecule has 1 amide bonds. The molecule has 0 aliphatic carbocycles. The first-order chi connectivity index (χ1) is 11.7. The fourth-order valence-corrected chi connectivity index (χ4v) is 2.80. The number of hydrogen-bond donors (Lipinski definition) is 1. The van der Waals surface area contributed by atoms with Gasteiger partial charge in [-0.15, -0.1) is 11.3 Å². The van der Waals surface area contributed by atoms with E-state index < -0.39 is 18.5 Å². The Morgan fingerprint density at radius 2 is 2.04 bits per heavy atom. The molecule has 0 aliphatic rings. The summed E-state index contributed by atoms with van der Waals surface area (Å²) >= 11 is 1.23. The highest BCUT2D eigenvalue weighted by molar-refractivity contribution is 7.14. The largest absolute Gasteiger partial charge is 0.451 e. The normalized spacial score (nSPS) is 10.1. The number of carbonyl (C=O) groups excluding carboxylic acids is 2. The predicted molar refractivity (Wildman–Crippen MR) is 89.7 cm³/mol. The summed E-state index contributed by atoms with van der Waals surface area (Å²) in [6.45, 7) is -0.448. The van der Waals surface area contributed by atoms with E-state index in [1.807, 2.05) is 24.3 Å². The number of amides is 1. The Bertz CT molecular complexity index is 959. The molecule has 118 valence electrons. The molecule has 6 nitrogen and oxygen atoms in total. The molecule has 3 aromatic rings. The number of para-hydroxylation sites is 1. The van der Waals surface area contributed by atoms with E-state index in [0.29, 0.717) is 16.1 Å². The highest BCUT2D eigenvalue weighted by atomic mass is 32.1. The van der Waals surface area contributed by atoms with E-state index in [0.717, 1.165) is 5.39 Å². The number of anilines is 1. The quantitative estimate of drug-likeness (QED) is 0.739. The first kappa shape index (κ1) is 15.6. The van der Waals surface area contributed by atoms with Gasteiger partial charge >= 0.3 is 5.97 Å². The number of rotatable bonds is 4. The zero-order valence-electron chi connectivity index (χ0n) is 12.4. The van der Waals surface area contributed by atoms with Crippen molar-refractivity contribution in [2.24, 2.45) is 0 Å². The Morgan fingerprint density at radius 3 is 2.88 bits per heavy atom. The van der Waals surface area contributed by atoms with Gasteiger partial charge in [-0.3, -0.25) is 4.79 Å². The van der Waals surface area contributed by atoms with Crippen molar-refractivity contribution in [2.75, 3.05) is 11.9 Å². The maximum absolute atomic E-state index is 12.0. The second-order valence-electron chi connectivity index (χ2n) is 4.79. The van der Waals surface area contributed by atoms with E-state index in [1.165, 1.54) is 11.3 Å². The minimum Gasteiger partial charge on any atom is -0.451 e. The zero-order valence-corrected chi connectivity index (χ0v) is 13.2. The summed E-state index contributed by atoms with van der Waals surface area (Å²) in [5, 5.41) is 14.5. The van der Waals surface area contributed by atoms with E-state index >= 15 is 0 Å². The number of hydrogen-bond acceptors (Lipinski definition) is 6. The molecule has 0 fully saturated rings. The summed E-state index contributed by atoms with van der Waals surface area (Å²) in [7, 11) is 0. The third kappa shape index (κ3) is 3.39. The maximum Gasteiger partial charge on any atom is 0.357 e. The number of nitriles is 1. The van der Waals surface area contributed by atoms with Gasteiger partial charge < -0.3 is 10.1 Å². The number of thiophene rings is 1. The smallest absolute Gasteiger partial charge is 0.357 e. The predicted octanol–water partition coefficient (Wildman–Crippen LogP) is 2.96. The second kappa shape index (κ2) is 6.89. The van der Waals surface area contributed by atoms with Gasteiger partial charge in [0, 0.05) is 5.39 Å². The van der Waals surface area contributed by atoms with Crippen molar-refractivity contribution >= 4 is 39.1 Å². The van der Waals surface area contributed by atoms with Crippen molar-refractivity contribution in [3.8, 4) is 6.07 Å². The van der Waals surface area contributed by atoms with Crippen LogP contribution in [0.3, 0.4) is 0 Å². The first-order valence-electron chi connectivity index (χ1n) is 6.98. The minimum atomic E-state index is -0.678. The van der Waals surface area contributed by atoms with Crippen LogP contribution in [-0.4, -0.2) is 23.5 Å². The van der Waals surface area contributed by atoms with Crippen molar-refractivity contribution < 1.29 is 14.3 Å². The number of carbonyl (C=O) groups is 2. The van der Waals surface area contributed by atoms with Gasteiger partial charge in [-0.05, 0) is 23.6 Å². The zero-order chi connectivity index (χ0) is 16.9. The Kier molecular flexibility index (Phi) is 4.50. The molecular formula is C17H11N3O3S. The van der Waals surface area contributed by atoms with Crippen LogP contribution in [0.25, 0.3) is 10.9 Å². The summed E-state index contributed by atoms with van der Waals surface area (Å²) < 4.78 is 4.97. The van der Waals surface area contributed by atoms with Gasteiger partial charge in [0.25, 0.3) is 5.91 Å². The molecule has 0 atom stereocenters. The van der Waals surface area contributed by atoms with Crippen LogP contribution in [0.15, 0.2) is 47.8 Å². The number of fused-ring (bicyclic) bond motifs is 1. The molecule has 2 aromatic heterocycles. The summed E-state index contributed by atoms with van der Waals surface area (Å²) in [6.07, 6.45) is 0. The van der Waals surface area contributed by atoms with Crippen molar-refractivity contribution in [1.82, 2.24) is 4.98 Å². The lowest BCUT2D eigenvalue weighted by Crippen LogP contribution is -2.21. The van der Waals surface area contributed by atoms with E-state index in [9.17, 15) is 9.59 Å². The molecule has 0 saturated carbocycles. The molecule has 0 unspecified atom stereocenters. The Hall–Kier alpha value is -3.24. The fourth-order valence-electron chi connectivity index (χ4n) is 2.04. The first-order valence-corrected chi connectivity index (χ1v) is 7.85. The molecule has 0 saturated heterocycles. The standard InChI is InChI=1S/C17H11N3O3S/c18-9-12-7-8-24-16(12)20-15(21)10-23-17(22)14-6-5-11-3-1-2-4-13(11)19-14/h1-8H,10H2,(H,20,21). The number of nitrogens with one attached hydrogen (secondary N) is 1. The Balaban J connectivity index is 1.62. The van der Waals surface area contributed by atoms with Crippen LogP contribution in [-0.2, 0) is 9.53 Å². The van der Waals surface area contributed by atoms with Crippen LogP contribution in [0.2, 0.25) is 0 Å². The molecular weight excluding hydrogens is 326 g/mol. The molecule has 0 bridgehead atoms. The van der Waals surface area contributed by atoms with Gasteiger partial charge in [-0.25, -0.2) is 9.78 Å². The minimum absolute atomic E-state index is 0.135. The van der Waals surface area contributed by atoms with Crippen molar-refractivity contribution in [3.05, 3.63) is 59.1 Å². The fraction of sp³-hybridized carbons (Fsp3) is 0.0588. The number of ether oxygens (including phenoxy) is 1. The van der Waals surface area contributed by atoms with Crippen molar-refractivity contribution in [2.45, 2.75) is 0 Å². The molecule has 1 aromatic carbocycles. The lowest BCUT2D eigenvalue weighted by atomic mass is 10.2. The Morgan fingerprint density at radius 1 is 1.21 bits per heavy atom. The van der Waals surface area contributed by atoms with E-state index in [1.54, 1.807) is 29.6 Å². The van der Waals surface area contributed by atoms with Crippen LogP contribution in [0, 0.1) is 11.3 Å².